The molecule has 40 heavy (non-hydrogen) atoms. The number of hydrogen-bond donors (Lipinski definition) is 0. The predicted octanol–water partition coefficient (Wildman–Crippen LogP) is 7.04. The standard InChI is InChI=1S/C29H25F3N6OS/c30-29(31,32)39-24-14-12-23(13-15-24)38-19-33-27(36-38)22-8-6-20(7-9-22)18-34-35-28-37(16-3-17-40-28)26-5-2-1-4-25(26)21-10-11-21/h1-2,4-9,12-15,18-19,21H,3,10-11,16-17H2/b34-18+,35-28-. The van der Waals surface area contributed by atoms with Crippen LogP contribution in [0.15, 0.2) is 89.3 Å². The zero-order chi connectivity index (χ0) is 27.5. The number of halogens is 3. The van der Waals surface area contributed by atoms with Crippen LogP contribution >= 0.6 is 11.8 Å². The average molecular weight is 563 g/mol. The molecule has 6 rings (SSSR count). The van der Waals surface area contributed by atoms with Gasteiger partial charge in [-0.15, -0.1) is 23.4 Å². The molecule has 4 aromatic rings. The molecule has 0 unspecified atom stereocenters. The number of anilines is 1. The third-order valence-corrected chi connectivity index (χ3v) is 7.63. The van der Waals surface area contributed by atoms with Crippen LogP contribution in [0.1, 0.15) is 36.3 Å². The van der Waals surface area contributed by atoms with Crippen LogP contribution in [0.5, 0.6) is 5.75 Å². The minimum Gasteiger partial charge on any atom is -0.406 e. The number of para-hydroxylation sites is 1. The molecule has 2 aliphatic rings. The average Bonchev–Trinajstić information content (AvgIpc) is 3.69. The molecule has 0 amide bonds. The number of alkyl halides is 3. The number of hydrogen-bond acceptors (Lipinski definition) is 6. The van der Waals surface area contributed by atoms with E-state index < -0.39 is 6.36 Å². The number of amidine groups is 1. The fourth-order valence-electron chi connectivity index (χ4n) is 4.52. The Morgan fingerprint density at radius 2 is 1.75 bits per heavy atom. The van der Waals surface area contributed by atoms with Gasteiger partial charge in [-0.2, -0.15) is 5.10 Å². The van der Waals surface area contributed by atoms with Gasteiger partial charge in [0.2, 0.25) is 0 Å². The van der Waals surface area contributed by atoms with Crippen molar-refractivity contribution < 1.29 is 17.9 Å². The van der Waals surface area contributed by atoms with Gasteiger partial charge in [-0.25, -0.2) is 9.67 Å². The molecule has 7 nitrogen and oxygen atoms in total. The highest BCUT2D eigenvalue weighted by Crippen LogP contribution is 2.45. The monoisotopic (exact) mass is 562 g/mol. The van der Waals surface area contributed by atoms with Gasteiger partial charge >= 0.3 is 6.36 Å². The van der Waals surface area contributed by atoms with Crippen LogP contribution in [-0.2, 0) is 0 Å². The fraction of sp³-hybridized carbons (Fsp3) is 0.241. The molecular formula is C29H25F3N6OS. The zero-order valence-corrected chi connectivity index (χ0v) is 22.1. The van der Waals surface area contributed by atoms with Crippen LogP contribution in [0.3, 0.4) is 0 Å². The van der Waals surface area contributed by atoms with Gasteiger partial charge < -0.3 is 9.64 Å². The van der Waals surface area contributed by atoms with E-state index in [-0.39, 0.29) is 5.75 Å². The molecule has 1 saturated carbocycles. The number of ether oxygens (including phenoxy) is 1. The number of thioether (sulfide) groups is 1. The Morgan fingerprint density at radius 1 is 0.975 bits per heavy atom. The highest BCUT2D eigenvalue weighted by atomic mass is 32.2. The van der Waals surface area contributed by atoms with Crippen molar-refractivity contribution in [1.82, 2.24) is 14.8 Å². The summed E-state index contributed by atoms with van der Waals surface area (Å²) in [5.74, 6) is 1.88. The summed E-state index contributed by atoms with van der Waals surface area (Å²) in [6.07, 6.45) is 2.12. The molecule has 1 aromatic heterocycles. The smallest absolute Gasteiger partial charge is 0.406 e. The van der Waals surface area contributed by atoms with Crippen molar-refractivity contribution in [3.8, 4) is 22.8 Å². The molecule has 204 valence electrons. The van der Waals surface area contributed by atoms with E-state index in [1.807, 2.05) is 24.3 Å². The molecular weight excluding hydrogens is 537 g/mol. The number of aromatic nitrogens is 3. The molecule has 0 bridgehead atoms. The van der Waals surface area contributed by atoms with Gasteiger partial charge in [0.25, 0.3) is 0 Å². The highest BCUT2D eigenvalue weighted by molar-refractivity contribution is 8.14. The maximum absolute atomic E-state index is 12.4. The molecule has 0 N–H and O–H groups in total. The molecule has 2 heterocycles. The number of nitrogens with zero attached hydrogens (tertiary/aromatic N) is 6. The lowest BCUT2D eigenvalue weighted by molar-refractivity contribution is -0.274. The quantitative estimate of drug-likeness (QED) is 0.179. The first-order valence-corrected chi connectivity index (χ1v) is 13.9. The van der Waals surface area contributed by atoms with E-state index in [9.17, 15) is 13.2 Å². The van der Waals surface area contributed by atoms with Crippen molar-refractivity contribution in [1.29, 1.82) is 0 Å². The van der Waals surface area contributed by atoms with E-state index in [2.05, 4.69) is 54.2 Å². The third kappa shape index (κ3) is 6.20. The van der Waals surface area contributed by atoms with E-state index in [0.29, 0.717) is 17.4 Å². The Bertz CT molecular complexity index is 1530. The largest absolute Gasteiger partial charge is 0.573 e. The summed E-state index contributed by atoms with van der Waals surface area (Å²) in [4.78, 5) is 6.63. The van der Waals surface area contributed by atoms with Gasteiger partial charge in [-0.1, -0.05) is 54.2 Å². The Labute approximate surface area is 233 Å². The summed E-state index contributed by atoms with van der Waals surface area (Å²) < 4.78 is 42.6. The zero-order valence-electron chi connectivity index (χ0n) is 21.3. The van der Waals surface area contributed by atoms with Crippen molar-refractivity contribution in [3.63, 3.8) is 0 Å². The van der Waals surface area contributed by atoms with E-state index in [0.717, 1.165) is 35.0 Å². The van der Waals surface area contributed by atoms with Gasteiger partial charge in [-0.05, 0) is 66.6 Å². The Kier molecular flexibility index (Phi) is 7.29. The minimum atomic E-state index is -4.73. The number of benzene rings is 3. The molecule has 0 spiro atoms. The maximum atomic E-state index is 12.4. The SMILES string of the molecule is FC(F)(F)Oc1ccc(-n2cnc(-c3ccc(/C=N/N=C4\SCCCN4c4ccccc4C4CC4)cc3)n2)cc1. The van der Waals surface area contributed by atoms with Crippen molar-refractivity contribution in [2.75, 3.05) is 17.2 Å². The molecule has 1 saturated heterocycles. The van der Waals surface area contributed by atoms with E-state index >= 15 is 0 Å². The van der Waals surface area contributed by atoms with Crippen LogP contribution in [0.25, 0.3) is 17.1 Å². The molecule has 2 fully saturated rings. The van der Waals surface area contributed by atoms with Gasteiger partial charge in [0.05, 0.1) is 11.9 Å². The Morgan fingerprint density at radius 3 is 2.50 bits per heavy atom. The molecule has 3 aromatic carbocycles. The van der Waals surface area contributed by atoms with Crippen molar-refractivity contribution in [2.45, 2.75) is 31.5 Å². The Hall–Kier alpha value is -4.12. The molecule has 1 aliphatic carbocycles. The lowest BCUT2D eigenvalue weighted by Crippen LogP contribution is -2.34. The summed E-state index contributed by atoms with van der Waals surface area (Å²) in [6.45, 7) is 0.935. The lowest BCUT2D eigenvalue weighted by Gasteiger charge is -2.30. The summed E-state index contributed by atoms with van der Waals surface area (Å²) in [6, 6.07) is 21.7. The Balaban J connectivity index is 1.13. The molecule has 1 aliphatic heterocycles. The van der Waals surface area contributed by atoms with Crippen LogP contribution in [0.2, 0.25) is 0 Å². The second-order valence-corrected chi connectivity index (χ2v) is 10.6. The molecule has 0 radical (unpaired) electrons. The first-order valence-electron chi connectivity index (χ1n) is 12.9. The number of rotatable bonds is 7. The first-order chi connectivity index (χ1) is 19.4. The maximum Gasteiger partial charge on any atom is 0.573 e. The molecule has 11 heteroatoms. The van der Waals surface area contributed by atoms with Crippen LogP contribution in [-0.4, -0.2) is 44.8 Å². The summed E-state index contributed by atoms with van der Waals surface area (Å²) in [5.41, 5.74) is 4.89. The van der Waals surface area contributed by atoms with Gasteiger partial charge in [0, 0.05) is 23.5 Å². The van der Waals surface area contributed by atoms with Gasteiger partial charge in [0.1, 0.15) is 12.1 Å². The van der Waals surface area contributed by atoms with Crippen molar-refractivity contribution in [3.05, 3.63) is 90.3 Å². The van der Waals surface area contributed by atoms with Crippen LogP contribution < -0.4 is 9.64 Å². The summed E-state index contributed by atoms with van der Waals surface area (Å²) in [7, 11) is 0. The van der Waals surface area contributed by atoms with E-state index in [4.69, 9.17) is 0 Å². The second kappa shape index (κ2) is 11.2. The first kappa shape index (κ1) is 26.1. The lowest BCUT2D eigenvalue weighted by atomic mass is 10.1. The highest BCUT2D eigenvalue weighted by Gasteiger charge is 2.31. The summed E-state index contributed by atoms with van der Waals surface area (Å²) >= 11 is 1.73. The minimum absolute atomic E-state index is 0.295. The third-order valence-electron chi connectivity index (χ3n) is 6.58. The van der Waals surface area contributed by atoms with Crippen molar-refractivity contribution in [2.24, 2.45) is 10.2 Å². The predicted molar refractivity (Wildman–Crippen MR) is 151 cm³/mol. The van der Waals surface area contributed by atoms with Crippen LogP contribution in [0, 0.1) is 0 Å². The van der Waals surface area contributed by atoms with Gasteiger partial charge in [0.15, 0.2) is 11.0 Å². The van der Waals surface area contributed by atoms with E-state index in [1.165, 1.54) is 59.4 Å². The van der Waals surface area contributed by atoms with Crippen LogP contribution in [0.4, 0.5) is 18.9 Å². The second-order valence-electron chi connectivity index (χ2n) is 9.49. The topological polar surface area (TPSA) is 67.9 Å². The summed E-state index contributed by atoms with van der Waals surface area (Å²) in [5, 5.41) is 14.3. The van der Waals surface area contributed by atoms with E-state index in [1.54, 1.807) is 18.0 Å². The van der Waals surface area contributed by atoms with Crippen molar-refractivity contribution >= 4 is 28.8 Å². The fourth-order valence-corrected chi connectivity index (χ4v) is 5.43. The molecule has 0 atom stereocenters. The van der Waals surface area contributed by atoms with Gasteiger partial charge in [-0.3, -0.25) is 0 Å². The normalized spacial score (nSPS) is 17.1.